The van der Waals surface area contributed by atoms with E-state index in [9.17, 15) is 12.8 Å². The van der Waals surface area contributed by atoms with Crippen LogP contribution in [0, 0.1) is 11.7 Å². The SMILES string of the molecule is CC1CNC(c2cc(Br)ccc2F)CS(=O)(=O)C1. The number of halogens is 2. The molecule has 100 valence electrons. The molecular formula is C12H15BrFNO2S. The number of benzene rings is 1. The fourth-order valence-corrected chi connectivity index (χ4v) is 4.50. The van der Waals surface area contributed by atoms with Crippen molar-refractivity contribution >= 4 is 25.8 Å². The summed E-state index contributed by atoms with van der Waals surface area (Å²) in [7, 11) is -3.14. The molecule has 0 saturated carbocycles. The molecule has 2 unspecified atom stereocenters. The van der Waals surface area contributed by atoms with Gasteiger partial charge in [0.05, 0.1) is 11.5 Å². The average Bonchev–Trinajstić information content (AvgIpc) is 2.39. The van der Waals surface area contributed by atoms with E-state index in [0.717, 1.165) is 4.47 Å². The second-order valence-corrected chi connectivity index (χ2v) is 7.88. The Bertz CT molecular complexity index is 547. The van der Waals surface area contributed by atoms with E-state index in [-0.39, 0.29) is 23.2 Å². The Balaban J connectivity index is 2.35. The Hall–Kier alpha value is -0.460. The highest BCUT2D eigenvalue weighted by atomic mass is 79.9. The zero-order valence-corrected chi connectivity index (χ0v) is 12.4. The van der Waals surface area contributed by atoms with E-state index in [4.69, 9.17) is 0 Å². The van der Waals surface area contributed by atoms with Gasteiger partial charge in [-0.1, -0.05) is 22.9 Å². The first-order valence-electron chi connectivity index (χ1n) is 5.76. The average molecular weight is 336 g/mol. The van der Waals surface area contributed by atoms with Crippen LogP contribution in [-0.4, -0.2) is 26.5 Å². The lowest BCUT2D eigenvalue weighted by Crippen LogP contribution is -2.27. The highest BCUT2D eigenvalue weighted by molar-refractivity contribution is 9.10. The third kappa shape index (κ3) is 3.30. The Morgan fingerprint density at radius 2 is 2.11 bits per heavy atom. The summed E-state index contributed by atoms with van der Waals surface area (Å²) in [5.74, 6) is -0.215. The molecule has 2 rings (SSSR count). The normalized spacial score (nSPS) is 27.7. The van der Waals surface area contributed by atoms with Gasteiger partial charge >= 0.3 is 0 Å². The van der Waals surface area contributed by atoms with Crippen molar-refractivity contribution in [3.8, 4) is 0 Å². The minimum Gasteiger partial charge on any atom is -0.309 e. The van der Waals surface area contributed by atoms with Gasteiger partial charge in [-0.2, -0.15) is 0 Å². The second-order valence-electron chi connectivity index (χ2n) is 4.81. The minimum absolute atomic E-state index is 0.0509. The van der Waals surface area contributed by atoms with Crippen molar-refractivity contribution in [2.24, 2.45) is 5.92 Å². The number of rotatable bonds is 1. The summed E-state index contributed by atoms with van der Waals surface area (Å²) in [5.41, 5.74) is 0.405. The standard InChI is InChI=1S/C12H15BrFNO2S/c1-8-5-15-12(7-18(16,17)6-8)10-4-9(13)2-3-11(10)14/h2-4,8,12,15H,5-7H2,1H3. The van der Waals surface area contributed by atoms with E-state index in [0.29, 0.717) is 12.1 Å². The van der Waals surface area contributed by atoms with Crippen LogP contribution in [-0.2, 0) is 9.84 Å². The molecule has 0 bridgehead atoms. The zero-order chi connectivity index (χ0) is 13.3. The van der Waals surface area contributed by atoms with Crippen molar-refractivity contribution < 1.29 is 12.8 Å². The molecule has 0 amide bonds. The van der Waals surface area contributed by atoms with Crippen LogP contribution < -0.4 is 5.32 Å². The van der Waals surface area contributed by atoms with Crippen LogP contribution in [0.3, 0.4) is 0 Å². The summed E-state index contributed by atoms with van der Waals surface area (Å²) in [4.78, 5) is 0. The van der Waals surface area contributed by atoms with Gasteiger partial charge in [0.25, 0.3) is 0 Å². The largest absolute Gasteiger partial charge is 0.309 e. The molecule has 1 aromatic carbocycles. The summed E-state index contributed by atoms with van der Waals surface area (Å²) < 4.78 is 38.3. The van der Waals surface area contributed by atoms with Crippen molar-refractivity contribution in [1.29, 1.82) is 0 Å². The smallest absolute Gasteiger partial charge is 0.152 e. The lowest BCUT2D eigenvalue weighted by molar-refractivity contribution is 0.496. The summed E-state index contributed by atoms with van der Waals surface area (Å²) in [6.45, 7) is 2.46. The molecule has 1 aromatic rings. The maximum atomic E-state index is 13.8. The minimum atomic E-state index is -3.14. The van der Waals surface area contributed by atoms with Gasteiger partial charge < -0.3 is 5.32 Å². The van der Waals surface area contributed by atoms with Crippen LogP contribution in [0.25, 0.3) is 0 Å². The number of hydrogen-bond donors (Lipinski definition) is 1. The van der Waals surface area contributed by atoms with Crippen LogP contribution in [0.15, 0.2) is 22.7 Å². The van der Waals surface area contributed by atoms with Crippen LogP contribution in [0.4, 0.5) is 4.39 Å². The van der Waals surface area contributed by atoms with Gasteiger partial charge in [0.2, 0.25) is 0 Å². The van der Waals surface area contributed by atoms with Gasteiger partial charge in [-0.3, -0.25) is 0 Å². The van der Waals surface area contributed by atoms with Crippen LogP contribution in [0.1, 0.15) is 18.5 Å². The summed E-state index contributed by atoms with van der Waals surface area (Å²) in [6, 6.07) is 4.12. The molecule has 1 aliphatic heterocycles. The van der Waals surface area contributed by atoms with E-state index >= 15 is 0 Å². The van der Waals surface area contributed by atoms with E-state index in [1.807, 2.05) is 6.92 Å². The van der Waals surface area contributed by atoms with Crippen molar-refractivity contribution in [1.82, 2.24) is 5.32 Å². The fraction of sp³-hybridized carbons (Fsp3) is 0.500. The molecule has 1 N–H and O–H groups in total. The zero-order valence-electron chi connectivity index (χ0n) is 9.99. The van der Waals surface area contributed by atoms with Crippen LogP contribution in [0.5, 0.6) is 0 Å². The Kier molecular flexibility index (Phi) is 4.08. The van der Waals surface area contributed by atoms with Gasteiger partial charge in [-0.05, 0) is 30.7 Å². The van der Waals surface area contributed by atoms with Gasteiger partial charge in [-0.25, -0.2) is 12.8 Å². The molecule has 18 heavy (non-hydrogen) atoms. The van der Waals surface area contributed by atoms with Crippen molar-refractivity contribution in [2.45, 2.75) is 13.0 Å². The van der Waals surface area contributed by atoms with Gasteiger partial charge in [0, 0.05) is 16.1 Å². The molecule has 1 saturated heterocycles. The third-order valence-electron chi connectivity index (χ3n) is 3.01. The lowest BCUT2D eigenvalue weighted by atomic mass is 10.1. The molecule has 6 heteroatoms. The predicted molar refractivity (Wildman–Crippen MR) is 72.7 cm³/mol. The Morgan fingerprint density at radius 1 is 1.39 bits per heavy atom. The Labute approximate surface area is 115 Å². The number of nitrogens with one attached hydrogen (secondary N) is 1. The van der Waals surface area contributed by atoms with Crippen molar-refractivity contribution in [3.05, 3.63) is 34.1 Å². The molecular weight excluding hydrogens is 321 g/mol. The highest BCUT2D eigenvalue weighted by Crippen LogP contribution is 2.25. The molecule has 3 nitrogen and oxygen atoms in total. The Morgan fingerprint density at radius 3 is 2.83 bits per heavy atom. The van der Waals surface area contributed by atoms with E-state index in [1.165, 1.54) is 6.07 Å². The third-order valence-corrected chi connectivity index (χ3v) is 5.42. The van der Waals surface area contributed by atoms with Crippen molar-refractivity contribution in [3.63, 3.8) is 0 Å². The maximum absolute atomic E-state index is 13.8. The second kappa shape index (κ2) is 5.27. The van der Waals surface area contributed by atoms with E-state index in [2.05, 4.69) is 21.2 Å². The van der Waals surface area contributed by atoms with Crippen molar-refractivity contribution in [2.75, 3.05) is 18.1 Å². The highest BCUT2D eigenvalue weighted by Gasteiger charge is 2.28. The monoisotopic (exact) mass is 335 g/mol. The first-order valence-corrected chi connectivity index (χ1v) is 8.37. The summed E-state index contributed by atoms with van der Waals surface area (Å²) >= 11 is 3.28. The van der Waals surface area contributed by atoms with Gasteiger partial charge in [0.15, 0.2) is 9.84 Å². The van der Waals surface area contributed by atoms with E-state index < -0.39 is 15.9 Å². The van der Waals surface area contributed by atoms with Crippen LogP contribution in [0.2, 0.25) is 0 Å². The topological polar surface area (TPSA) is 46.2 Å². The van der Waals surface area contributed by atoms with Gasteiger partial charge in [0.1, 0.15) is 5.82 Å². The predicted octanol–water partition coefficient (Wildman–Crippen LogP) is 2.28. The fourth-order valence-electron chi connectivity index (χ4n) is 2.20. The van der Waals surface area contributed by atoms with Crippen LogP contribution >= 0.6 is 15.9 Å². The summed E-state index contributed by atoms with van der Waals surface area (Å²) in [6.07, 6.45) is 0. The molecule has 0 aromatic heterocycles. The first-order chi connectivity index (χ1) is 8.37. The number of hydrogen-bond acceptors (Lipinski definition) is 3. The first kappa shape index (κ1) is 14.0. The molecule has 0 aliphatic carbocycles. The molecule has 2 atom stereocenters. The molecule has 1 fully saturated rings. The number of sulfone groups is 1. The molecule has 1 heterocycles. The molecule has 0 radical (unpaired) electrons. The summed E-state index contributed by atoms with van der Waals surface area (Å²) in [5, 5.41) is 3.13. The van der Waals surface area contributed by atoms with E-state index in [1.54, 1.807) is 12.1 Å². The van der Waals surface area contributed by atoms with Gasteiger partial charge in [-0.15, -0.1) is 0 Å². The maximum Gasteiger partial charge on any atom is 0.152 e. The quantitative estimate of drug-likeness (QED) is 0.856. The lowest BCUT2D eigenvalue weighted by Gasteiger charge is -2.17. The molecule has 0 spiro atoms. The molecule has 1 aliphatic rings.